The van der Waals surface area contributed by atoms with Gasteiger partial charge in [-0.3, -0.25) is 0 Å². The standard InChI is InChI=1S/C17H30OSi/c1-8-10-14(3)17(4)12-11-16(13-15(17)9-2)18-19(5,6)7/h8-9,13-15H,1-2,10-12H2,3-7H3/t14-,15?,17+/m0/s1. The molecule has 0 aromatic carbocycles. The first-order valence-electron chi connectivity index (χ1n) is 7.36. The van der Waals surface area contributed by atoms with Crippen LogP contribution in [0.4, 0.5) is 0 Å². The van der Waals surface area contributed by atoms with Gasteiger partial charge in [-0.1, -0.05) is 26.0 Å². The largest absolute Gasteiger partial charge is 0.548 e. The zero-order valence-corrected chi connectivity index (χ0v) is 14.3. The minimum absolute atomic E-state index is 0.280. The Kier molecular flexibility index (Phi) is 5.25. The van der Waals surface area contributed by atoms with E-state index >= 15 is 0 Å². The maximum Gasteiger partial charge on any atom is 0.241 e. The van der Waals surface area contributed by atoms with Crippen LogP contribution in [0, 0.1) is 17.3 Å². The van der Waals surface area contributed by atoms with Crippen LogP contribution in [0.1, 0.15) is 33.1 Å². The smallest absolute Gasteiger partial charge is 0.241 e. The maximum absolute atomic E-state index is 6.18. The molecular formula is C17H30OSi. The van der Waals surface area contributed by atoms with Gasteiger partial charge in [0.15, 0.2) is 0 Å². The maximum atomic E-state index is 6.18. The first kappa shape index (κ1) is 16.3. The summed E-state index contributed by atoms with van der Waals surface area (Å²) in [4.78, 5) is 0. The summed E-state index contributed by atoms with van der Waals surface area (Å²) in [5, 5.41) is 0. The van der Waals surface area contributed by atoms with Crippen molar-refractivity contribution in [3.8, 4) is 0 Å². The Balaban J connectivity index is 2.92. The molecule has 0 N–H and O–H groups in total. The Morgan fingerprint density at radius 2 is 2.11 bits per heavy atom. The van der Waals surface area contributed by atoms with Gasteiger partial charge in [-0.25, -0.2) is 0 Å². The molecule has 0 spiro atoms. The van der Waals surface area contributed by atoms with E-state index in [4.69, 9.17) is 4.43 Å². The molecule has 0 fully saturated rings. The molecule has 0 aromatic heterocycles. The molecule has 0 bridgehead atoms. The van der Waals surface area contributed by atoms with E-state index in [0.29, 0.717) is 11.8 Å². The molecule has 108 valence electrons. The van der Waals surface area contributed by atoms with Gasteiger partial charge in [0, 0.05) is 12.3 Å². The topological polar surface area (TPSA) is 9.23 Å². The zero-order valence-electron chi connectivity index (χ0n) is 13.3. The van der Waals surface area contributed by atoms with Crippen LogP contribution < -0.4 is 0 Å². The Morgan fingerprint density at radius 1 is 1.47 bits per heavy atom. The van der Waals surface area contributed by atoms with Crippen LogP contribution in [0.15, 0.2) is 37.1 Å². The Morgan fingerprint density at radius 3 is 2.58 bits per heavy atom. The lowest BCUT2D eigenvalue weighted by atomic mass is 9.62. The highest BCUT2D eigenvalue weighted by Crippen LogP contribution is 2.47. The normalized spacial score (nSPS) is 29.3. The summed E-state index contributed by atoms with van der Waals surface area (Å²) < 4.78 is 6.18. The third kappa shape index (κ3) is 4.10. The molecule has 1 aliphatic carbocycles. The van der Waals surface area contributed by atoms with Gasteiger partial charge in [0.25, 0.3) is 0 Å². The first-order valence-corrected chi connectivity index (χ1v) is 10.8. The summed E-state index contributed by atoms with van der Waals surface area (Å²) in [6.45, 7) is 19.4. The summed E-state index contributed by atoms with van der Waals surface area (Å²) >= 11 is 0. The summed E-state index contributed by atoms with van der Waals surface area (Å²) in [7, 11) is -1.49. The fraction of sp³-hybridized carbons (Fsp3) is 0.647. The zero-order chi connectivity index (χ0) is 14.7. The third-order valence-corrected chi connectivity index (χ3v) is 5.25. The van der Waals surface area contributed by atoms with E-state index < -0.39 is 8.32 Å². The molecule has 0 heterocycles. The van der Waals surface area contributed by atoms with Crippen molar-refractivity contribution in [2.75, 3.05) is 0 Å². The lowest BCUT2D eigenvalue weighted by Gasteiger charge is -2.44. The Hall–Kier alpha value is -0.763. The highest BCUT2D eigenvalue weighted by Gasteiger charge is 2.39. The van der Waals surface area contributed by atoms with Gasteiger partial charge in [0.1, 0.15) is 0 Å². The van der Waals surface area contributed by atoms with E-state index in [1.807, 2.05) is 6.08 Å². The minimum Gasteiger partial charge on any atom is -0.548 e. The quantitative estimate of drug-likeness (QED) is 0.458. The van der Waals surface area contributed by atoms with Crippen molar-refractivity contribution >= 4 is 8.32 Å². The molecular weight excluding hydrogens is 248 g/mol. The molecule has 1 nitrogen and oxygen atoms in total. The van der Waals surface area contributed by atoms with Crippen molar-refractivity contribution in [2.24, 2.45) is 17.3 Å². The molecule has 1 aliphatic rings. The molecule has 3 atom stereocenters. The highest BCUT2D eigenvalue weighted by molar-refractivity contribution is 6.70. The number of allylic oxidation sites excluding steroid dienone is 4. The molecule has 0 saturated heterocycles. The second-order valence-corrected chi connectivity index (χ2v) is 11.5. The van der Waals surface area contributed by atoms with Crippen LogP contribution in [-0.4, -0.2) is 8.32 Å². The monoisotopic (exact) mass is 278 g/mol. The minimum atomic E-state index is -1.49. The van der Waals surface area contributed by atoms with E-state index in [2.05, 4.69) is 58.8 Å². The molecule has 0 aromatic rings. The molecule has 19 heavy (non-hydrogen) atoms. The average molecular weight is 279 g/mol. The van der Waals surface area contributed by atoms with Gasteiger partial charge in [0.2, 0.25) is 8.32 Å². The second kappa shape index (κ2) is 6.13. The fourth-order valence-electron chi connectivity index (χ4n) is 2.94. The number of hydrogen-bond donors (Lipinski definition) is 0. The second-order valence-electron chi connectivity index (χ2n) is 7.04. The number of hydrogen-bond acceptors (Lipinski definition) is 1. The van der Waals surface area contributed by atoms with Crippen LogP contribution in [0.3, 0.4) is 0 Å². The summed E-state index contributed by atoms with van der Waals surface area (Å²) in [6.07, 6.45) is 9.75. The van der Waals surface area contributed by atoms with Crippen molar-refractivity contribution in [1.82, 2.24) is 0 Å². The van der Waals surface area contributed by atoms with Crippen molar-refractivity contribution < 1.29 is 4.43 Å². The van der Waals surface area contributed by atoms with E-state index in [1.165, 1.54) is 12.2 Å². The van der Waals surface area contributed by atoms with Gasteiger partial charge in [0.05, 0.1) is 5.76 Å². The van der Waals surface area contributed by atoms with Crippen molar-refractivity contribution in [3.05, 3.63) is 37.1 Å². The summed E-state index contributed by atoms with van der Waals surface area (Å²) in [5.41, 5.74) is 0.280. The van der Waals surface area contributed by atoms with Gasteiger partial charge >= 0.3 is 0 Å². The van der Waals surface area contributed by atoms with E-state index in [0.717, 1.165) is 12.8 Å². The third-order valence-electron chi connectivity index (χ3n) is 4.37. The molecule has 0 aliphatic heterocycles. The molecule has 2 heteroatoms. The van der Waals surface area contributed by atoms with Crippen LogP contribution in [0.5, 0.6) is 0 Å². The van der Waals surface area contributed by atoms with E-state index in [-0.39, 0.29) is 5.41 Å². The van der Waals surface area contributed by atoms with Gasteiger partial charge in [-0.15, -0.1) is 13.2 Å². The molecule has 0 saturated carbocycles. The Labute approximate surface area is 120 Å². The first-order chi connectivity index (χ1) is 8.73. The van der Waals surface area contributed by atoms with E-state index in [1.54, 1.807) is 0 Å². The van der Waals surface area contributed by atoms with Crippen LogP contribution in [-0.2, 0) is 4.43 Å². The predicted molar refractivity (Wildman–Crippen MR) is 87.5 cm³/mol. The van der Waals surface area contributed by atoms with Crippen molar-refractivity contribution in [1.29, 1.82) is 0 Å². The van der Waals surface area contributed by atoms with Gasteiger partial charge in [-0.05, 0) is 49.9 Å². The molecule has 1 unspecified atom stereocenters. The average Bonchev–Trinajstić information content (AvgIpc) is 2.30. The van der Waals surface area contributed by atoms with Gasteiger partial charge in [-0.2, -0.15) is 0 Å². The molecule has 0 amide bonds. The molecule has 0 radical (unpaired) electrons. The highest BCUT2D eigenvalue weighted by atomic mass is 28.4. The van der Waals surface area contributed by atoms with E-state index in [9.17, 15) is 0 Å². The Bertz CT molecular complexity index is 364. The lowest BCUT2D eigenvalue weighted by molar-refractivity contribution is 0.124. The molecule has 1 rings (SSSR count). The van der Waals surface area contributed by atoms with Crippen molar-refractivity contribution in [2.45, 2.75) is 52.8 Å². The summed E-state index contributed by atoms with van der Waals surface area (Å²) in [5.74, 6) is 2.22. The van der Waals surface area contributed by atoms with Crippen molar-refractivity contribution in [3.63, 3.8) is 0 Å². The summed E-state index contributed by atoms with van der Waals surface area (Å²) in [6, 6.07) is 0. The SMILES string of the molecule is C=CC[C@H](C)[C@@]1(C)CCC(O[Si](C)(C)C)=CC1C=C. The van der Waals surface area contributed by atoms with Crippen LogP contribution >= 0.6 is 0 Å². The lowest BCUT2D eigenvalue weighted by Crippen LogP contribution is -2.36. The van der Waals surface area contributed by atoms with Crippen LogP contribution in [0.25, 0.3) is 0 Å². The van der Waals surface area contributed by atoms with Crippen LogP contribution in [0.2, 0.25) is 19.6 Å². The van der Waals surface area contributed by atoms with Gasteiger partial charge < -0.3 is 4.43 Å². The predicted octanol–water partition coefficient (Wildman–Crippen LogP) is 5.54. The number of rotatable bonds is 6. The fourth-order valence-corrected chi connectivity index (χ4v) is 3.90.